The molecule has 0 spiro atoms. The fraction of sp³-hybridized carbons (Fsp3) is 0.667. The molecule has 8 heteroatoms. The molecule has 0 aliphatic carbocycles. The molecule has 0 aromatic rings. The lowest BCUT2D eigenvalue weighted by Gasteiger charge is -2.29. The molecule has 0 saturated carbocycles. The Hall–Kier alpha value is -0.935. The van der Waals surface area contributed by atoms with Crippen molar-refractivity contribution in [2.45, 2.75) is 44.5 Å². The number of nitrogens with two attached hydrogens (primary N) is 1. The van der Waals surface area contributed by atoms with Gasteiger partial charge in [-0.15, -0.1) is 0 Å². The molecule has 1 aliphatic heterocycles. The number of nitrogens with zero attached hydrogens (tertiary/aromatic N) is 2. The van der Waals surface area contributed by atoms with Gasteiger partial charge in [0.2, 0.25) is 0 Å². The zero-order chi connectivity index (χ0) is 15.1. The van der Waals surface area contributed by atoms with E-state index in [2.05, 4.69) is 10.3 Å². The minimum Gasteiger partial charge on any atom is -0.428 e. The van der Waals surface area contributed by atoms with Crippen LogP contribution in [0.4, 0.5) is 4.39 Å². The van der Waals surface area contributed by atoms with E-state index in [1.807, 2.05) is 19.9 Å². The lowest BCUT2D eigenvalue weighted by molar-refractivity contribution is 0.269. The van der Waals surface area contributed by atoms with Gasteiger partial charge in [-0.2, -0.15) is 5.26 Å². The SMILES string of the molecule is CC[C@H](NC1N=C(Cl)C(C#N)=CC1F)[C@H](C)[B]OCN. The molecule has 5 nitrogen and oxygen atoms in total. The van der Waals surface area contributed by atoms with Crippen molar-refractivity contribution >= 4 is 24.3 Å². The quantitative estimate of drug-likeness (QED) is 0.551. The highest BCUT2D eigenvalue weighted by atomic mass is 35.5. The molecule has 4 atom stereocenters. The van der Waals surface area contributed by atoms with Gasteiger partial charge in [0.05, 0.1) is 12.3 Å². The molecule has 1 rings (SSSR count). The van der Waals surface area contributed by atoms with Crippen LogP contribution in [0.1, 0.15) is 20.3 Å². The first-order valence-electron chi connectivity index (χ1n) is 6.44. The predicted molar refractivity (Wildman–Crippen MR) is 78.2 cm³/mol. The third-order valence-corrected chi connectivity index (χ3v) is 3.39. The smallest absolute Gasteiger partial charge is 0.298 e. The number of hydrogen-bond donors (Lipinski definition) is 2. The topological polar surface area (TPSA) is 83.4 Å². The van der Waals surface area contributed by atoms with Crippen molar-refractivity contribution in [3.8, 4) is 6.07 Å². The average Bonchev–Trinajstić information content (AvgIpc) is 2.44. The summed E-state index contributed by atoms with van der Waals surface area (Å²) in [6.45, 7) is 4.02. The van der Waals surface area contributed by atoms with Crippen LogP contribution in [0.3, 0.4) is 0 Å². The van der Waals surface area contributed by atoms with E-state index in [4.69, 9.17) is 27.3 Å². The largest absolute Gasteiger partial charge is 0.428 e. The van der Waals surface area contributed by atoms with Gasteiger partial charge >= 0.3 is 0 Å². The summed E-state index contributed by atoms with van der Waals surface area (Å²) in [6.07, 6.45) is -0.233. The first-order valence-corrected chi connectivity index (χ1v) is 6.82. The van der Waals surface area contributed by atoms with Gasteiger partial charge in [0, 0.05) is 6.04 Å². The zero-order valence-corrected chi connectivity index (χ0v) is 12.3. The van der Waals surface area contributed by atoms with Crippen LogP contribution in [0.5, 0.6) is 0 Å². The fourth-order valence-electron chi connectivity index (χ4n) is 1.96. The van der Waals surface area contributed by atoms with Crippen LogP contribution in [0, 0.1) is 11.3 Å². The van der Waals surface area contributed by atoms with Crippen LogP contribution in [-0.4, -0.2) is 37.8 Å². The zero-order valence-electron chi connectivity index (χ0n) is 11.5. The minimum atomic E-state index is -1.39. The molecule has 20 heavy (non-hydrogen) atoms. The van der Waals surface area contributed by atoms with E-state index in [0.29, 0.717) is 0 Å². The molecular weight excluding hydrogens is 281 g/mol. The highest BCUT2D eigenvalue weighted by Crippen LogP contribution is 2.20. The summed E-state index contributed by atoms with van der Waals surface area (Å²) in [5, 5.41) is 11.9. The lowest BCUT2D eigenvalue weighted by Crippen LogP contribution is -2.46. The van der Waals surface area contributed by atoms with E-state index in [1.54, 1.807) is 7.48 Å². The Morgan fingerprint density at radius 3 is 3.00 bits per heavy atom. The number of dihydropyridines is 1. The molecule has 1 aliphatic rings. The van der Waals surface area contributed by atoms with E-state index in [-0.39, 0.29) is 29.3 Å². The molecule has 0 fully saturated rings. The van der Waals surface area contributed by atoms with Crippen molar-refractivity contribution in [3.63, 3.8) is 0 Å². The number of alkyl halides is 1. The second-order valence-electron chi connectivity index (χ2n) is 4.51. The van der Waals surface area contributed by atoms with Crippen LogP contribution in [0.15, 0.2) is 16.6 Å². The number of nitriles is 1. The summed E-state index contributed by atoms with van der Waals surface area (Å²) in [7, 11) is 1.62. The normalized spacial score (nSPS) is 25.2. The van der Waals surface area contributed by atoms with Crippen molar-refractivity contribution in [1.29, 1.82) is 5.26 Å². The van der Waals surface area contributed by atoms with E-state index in [0.717, 1.165) is 6.42 Å². The molecule has 0 bridgehead atoms. The van der Waals surface area contributed by atoms with Crippen LogP contribution in [0.25, 0.3) is 0 Å². The summed E-state index contributed by atoms with van der Waals surface area (Å²) in [4.78, 5) is 3.99. The van der Waals surface area contributed by atoms with Crippen molar-refractivity contribution in [1.82, 2.24) is 5.32 Å². The number of allylic oxidation sites excluding steroid dienone is 1. The lowest BCUT2D eigenvalue weighted by atomic mass is 9.75. The van der Waals surface area contributed by atoms with Crippen LogP contribution in [0.2, 0.25) is 5.82 Å². The van der Waals surface area contributed by atoms with E-state index < -0.39 is 12.3 Å². The Morgan fingerprint density at radius 1 is 1.75 bits per heavy atom. The van der Waals surface area contributed by atoms with Gasteiger partial charge in [-0.05, 0) is 18.3 Å². The first kappa shape index (κ1) is 17.1. The molecule has 0 saturated heterocycles. The van der Waals surface area contributed by atoms with Crippen LogP contribution >= 0.6 is 11.6 Å². The average molecular weight is 300 g/mol. The first-order chi connectivity index (χ1) is 9.53. The third-order valence-electron chi connectivity index (χ3n) is 3.09. The highest BCUT2D eigenvalue weighted by Gasteiger charge is 2.29. The Morgan fingerprint density at radius 2 is 2.45 bits per heavy atom. The summed E-state index contributed by atoms with van der Waals surface area (Å²) in [5.41, 5.74) is 5.33. The molecule has 2 unspecified atom stereocenters. The van der Waals surface area contributed by atoms with Gasteiger partial charge in [-0.25, -0.2) is 9.38 Å². The van der Waals surface area contributed by atoms with Crippen molar-refractivity contribution in [3.05, 3.63) is 11.6 Å². The standard InChI is InChI=1S/C12H18BClFN4O/c1-3-10(7(2)13-20-6-17)18-12-9(15)4-8(5-16)11(14)19-12/h4,7,9-10,12,18H,3,6,17H2,1-2H3/t7-,9?,10-,12?/m0/s1. The van der Waals surface area contributed by atoms with Gasteiger partial charge < -0.3 is 10.4 Å². The van der Waals surface area contributed by atoms with Crippen LogP contribution in [-0.2, 0) is 4.65 Å². The maximum Gasteiger partial charge on any atom is 0.298 e. The summed E-state index contributed by atoms with van der Waals surface area (Å²) < 4.78 is 19.0. The number of halogens is 2. The van der Waals surface area contributed by atoms with Crippen molar-refractivity contribution in [2.75, 3.05) is 6.73 Å². The summed E-state index contributed by atoms with van der Waals surface area (Å²) >= 11 is 5.84. The molecule has 0 amide bonds. The monoisotopic (exact) mass is 299 g/mol. The Bertz CT molecular complexity index is 426. The number of nitrogens with one attached hydrogen (secondary N) is 1. The van der Waals surface area contributed by atoms with Crippen molar-refractivity contribution < 1.29 is 9.04 Å². The van der Waals surface area contributed by atoms with Gasteiger partial charge in [0.1, 0.15) is 17.4 Å². The van der Waals surface area contributed by atoms with E-state index in [9.17, 15) is 4.39 Å². The van der Waals surface area contributed by atoms with Crippen molar-refractivity contribution in [2.24, 2.45) is 10.7 Å². The highest BCUT2D eigenvalue weighted by molar-refractivity contribution is 6.70. The number of hydrogen-bond acceptors (Lipinski definition) is 5. The summed E-state index contributed by atoms with van der Waals surface area (Å²) in [5.74, 6) is 0.0334. The Balaban J connectivity index is 2.67. The van der Waals surface area contributed by atoms with Crippen LogP contribution < -0.4 is 11.1 Å². The summed E-state index contributed by atoms with van der Waals surface area (Å²) in [6, 6.07) is 1.78. The van der Waals surface area contributed by atoms with Gasteiger partial charge in [0.25, 0.3) is 7.48 Å². The number of rotatable bonds is 7. The molecular formula is C12H18BClFN4O. The number of aliphatic imine (C=N–C) groups is 1. The van der Waals surface area contributed by atoms with Gasteiger partial charge in [-0.3, -0.25) is 5.32 Å². The molecule has 0 aromatic carbocycles. The third kappa shape index (κ3) is 4.56. The van der Waals surface area contributed by atoms with Gasteiger partial charge in [0.15, 0.2) is 6.17 Å². The minimum absolute atomic E-state index is 0.0311. The molecule has 0 aromatic heterocycles. The molecule has 3 N–H and O–H groups in total. The maximum absolute atomic E-state index is 14.0. The Labute approximate surface area is 124 Å². The molecule has 1 radical (unpaired) electrons. The maximum atomic E-state index is 14.0. The fourth-order valence-corrected chi connectivity index (χ4v) is 2.17. The van der Waals surface area contributed by atoms with E-state index in [1.165, 1.54) is 6.08 Å². The van der Waals surface area contributed by atoms with E-state index >= 15 is 0 Å². The predicted octanol–water partition coefficient (Wildman–Crippen LogP) is 1.48. The van der Waals surface area contributed by atoms with Gasteiger partial charge in [-0.1, -0.05) is 25.4 Å². The second-order valence-corrected chi connectivity index (χ2v) is 4.87. The Kier molecular flexibility index (Phi) is 7.17. The molecule has 109 valence electrons. The molecule has 1 heterocycles. The second kappa shape index (κ2) is 8.37.